The summed E-state index contributed by atoms with van der Waals surface area (Å²) in [5.74, 6) is 0.300. The average molecular weight is 654 g/mol. The standard InChI is InChI=1S/C34H34Cl2N2O7/c1-5-13-43-34(41)38-18-23-17-30-25(14-22(23)16-28(38)33(40)42-4)32(39)37(3)19-31(45-30)20-7-10-24(11-8-20)44-29(6-2)21-9-12-26(35)27(36)15-21/h5,7-12,14-15,17,28-29,31H,1,6,13,16,18-19H2,2-4H3/t28-,29+,31+/m0/s1. The van der Waals surface area contributed by atoms with E-state index in [0.717, 1.165) is 28.7 Å². The van der Waals surface area contributed by atoms with Gasteiger partial charge in [0.2, 0.25) is 0 Å². The highest BCUT2D eigenvalue weighted by atomic mass is 35.5. The number of carbonyl (C=O) groups excluding carboxylic acids is 3. The molecule has 9 nitrogen and oxygen atoms in total. The predicted molar refractivity (Wildman–Crippen MR) is 170 cm³/mol. The number of nitrogens with zero attached hydrogens (tertiary/aromatic N) is 2. The molecule has 0 fully saturated rings. The number of hydrogen-bond acceptors (Lipinski definition) is 7. The van der Waals surface area contributed by atoms with Crippen LogP contribution in [0.15, 0.2) is 67.3 Å². The van der Waals surface area contributed by atoms with Crippen molar-refractivity contribution in [1.29, 1.82) is 0 Å². The van der Waals surface area contributed by atoms with Gasteiger partial charge < -0.3 is 23.8 Å². The predicted octanol–water partition coefficient (Wildman–Crippen LogP) is 6.95. The first-order chi connectivity index (χ1) is 21.6. The Bertz CT molecular complexity index is 1610. The Morgan fingerprint density at radius 3 is 2.51 bits per heavy atom. The smallest absolute Gasteiger partial charge is 0.411 e. The molecule has 3 aromatic carbocycles. The molecule has 0 saturated heterocycles. The van der Waals surface area contributed by atoms with Crippen molar-refractivity contribution in [3.05, 3.63) is 105 Å². The zero-order valence-corrected chi connectivity index (χ0v) is 26.8. The van der Waals surface area contributed by atoms with Crippen molar-refractivity contribution in [2.75, 3.05) is 27.3 Å². The van der Waals surface area contributed by atoms with Crippen LogP contribution in [0, 0.1) is 0 Å². The van der Waals surface area contributed by atoms with E-state index in [1.807, 2.05) is 43.3 Å². The minimum absolute atomic E-state index is 0.00427. The lowest BCUT2D eigenvalue weighted by atomic mass is 9.91. The first-order valence-corrected chi connectivity index (χ1v) is 15.3. The van der Waals surface area contributed by atoms with E-state index in [9.17, 15) is 14.4 Å². The Morgan fingerprint density at radius 1 is 1.09 bits per heavy atom. The minimum Gasteiger partial charge on any atom is -0.486 e. The third-order valence-corrected chi connectivity index (χ3v) is 8.71. The van der Waals surface area contributed by atoms with E-state index in [-0.39, 0.29) is 31.6 Å². The van der Waals surface area contributed by atoms with Crippen LogP contribution in [-0.4, -0.2) is 61.1 Å². The van der Waals surface area contributed by atoms with Gasteiger partial charge in [-0.05, 0) is 65.1 Å². The number of esters is 1. The van der Waals surface area contributed by atoms with Crippen LogP contribution >= 0.6 is 23.2 Å². The summed E-state index contributed by atoms with van der Waals surface area (Å²) >= 11 is 12.3. The third-order valence-electron chi connectivity index (χ3n) is 7.97. The normalized spacial score (nSPS) is 18.1. The molecule has 0 N–H and O–H groups in total. The quantitative estimate of drug-likeness (QED) is 0.192. The number of likely N-dealkylation sites (N-methyl/N-ethyl adjacent to an activating group) is 1. The van der Waals surface area contributed by atoms with E-state index in [4.69, 9.17) is 42.1 Å². The molecular weight excluding hydrogens is 619 g/mol. The van der Waals surface area contributed by atoms with Crippen molar-refractivity contribution in [2.24, 2.45) is 0 Å². The topological polar surface area (TPSA) is 94.6 Å². The Labute approximate surface area is 272 Å². The molecular formula is C34H34Cl2N2O7. The fraction of sp³-hybridized carbons (Fsp3) is 0.324. The van der Waals surface area contributed by atoms with Crippen molar-refractivity contribution in [3.63, 3.8) is 0 Å². The van der Waals surface area contributed by atoms with E-state index < -0.39 is 24.2 Å². The number of ether oxygens (including phenoxy) is 4. The van der Waals surface area contributed by atoms with Gasteiger partial charge in [0.1, 0.15) is 36.4 Å². The number of methoxy groups -OCH3 is 1. The highest BCUT2D eigenvalue weighted by Crippen LogP contribution is 2.37. The molecule has 0 spiro atoms. The average Bonchev–Trinajstić information content (AvgIpc) is 3.17. The summed E-state index contributed by atoms with van der Waals surface area (Å²) in [7, 11) is 2.99. The first-order valence-electron chi connectivity index (χ1n) is 14.5. The maximum absolute atomic E-state index is 13.5. The molecule has 45 heavy (non-hydrogen) atoms. The molecule has 2 aliphatic rings. The monoisotopic (exact) mass is 652 g/mol. The summed E-state index contributed by atoms with van der Waals surface area (Å²) in [5, 5.41) is 0.961. The van der Waals surface area contributed by atoms with Crippen LogP contribution in [0.3, 0.4) is 0 Å². The van der Waals surface area contributed by atoms with Crippen molar-refractivity contribution in [1.82, 2.24) is 9.80 Å². The number of amides is 2. The van der Waals surface area contributed by atoms with Gasteiger partial charge in [0.05, 0.1) is 35.8 Å². The van der Waals surface area contributed by atoms with E-state index in [1.165, 1.54) is 18.1 Å². The van der Waals surface area contributed by atoms with Gasteiger partial charge in [-0.3, -0.25) is 9.69 Å². The highest BCUT2D eigenvalue weighted by molar-refractivity contribution is 6.42. The van der Waals surface area contributed by atoms with Gasteiger partial charge in [-0.2, -0.15) is 0 Å². The summed E-state index contributed by atoms with van der Waals surface area (Å²) in [4.78, 5) is 41.9. The maximum atomic E-state index is 13.5. The zero-order valence-electron chi connectivity index (χ0n) is 25.3. The molecule has 0 saturated carbocycles. The zero-order chi connectivity index (χ0) is 32.2. The molecule has 0 radical (unpaired) electrons. The largest absolute Gasteiger partial charge is 0.486 e. The second kappa shape index (κ2) is 13.8. The fourth-order valence-corrected chi connectivity index (χ4v) is 5.87. The minimum atomic E-state index is -0.894. The van der Waals surface area contributed by atoms with Gasteiger partial charge in [-0.15, -0.1) is 0 Å². The summed E-state index contributed by atoms with van der Waals surface area (Å²) in [6.45, 7) is 6.00. The van der Waals surface area contributed by atoms with Crippen LogP contribution in [0.25, 0.3) is 0 Å². The molecule has 0 unspecified atom stereocenters. The van der Waals surface area contributed by atoms with Crippen LogP contribution in [0.5, 0.6) is 11.5 Å². The maximum Gasteiger partial charge on any atom is 0.411 e. The van der Waals surface area contributed by atoms with Crippen molar-refractivity contribution in [3.8, 4) is 11.5 Å². The Kier molecular flexibility index (Phi) is 9.90. The lowest BCUT2D eigenvalue weighted by Crippen LogP contribution is -2.49. The Morgan fingerprint density at radius 2 is 1.84 bits per heavy atom. The lowest BCUT2D eigenvalue weighted by Gasteiger charge is -2.34. The lowest BCUT2D eigenvalue weighted by molar-refractivity contribution is -0.146. The van der Waals surface area contributed by atoms with Gasteiger partial charge in [0.25, 0.3) is 5.91 Å². The van der Waals surface area contributed by atoms with E-state index >= 15 is 0 Å². The van der Waals surface area contributed by atoms with Gasteiger partial charge in [0.15, 0.2) is 0 Å². The molecule has 11 heteroatoms. The molecule has 3 aromatic rings. The highest BCUT2D eigenvalue weighted by Gasteiger charge is 2.38. The molecule has 0 aliphatic carbocycles. The van der Waals surface area contributed by atoms with Crippen molar-refractivity contribution < 1.29 is 33.3 Å². The number of benzene rings is 3. The molecule has 2 heterocycles. The first kappa shape index (κ1) is 32.2. The van der Waals surface area contributed by atoms with Crippen LogP contribution < -0.4 is 9.47 Å². The fourth-order valence-electron chi connectivity index (χ4n) is 5.56. The number of rotatable bonds is 8. The number of carbonyl (C=O) groups is 3. The van der Waals surface area contributed by atoms with Gasteiger partial charge in [-0.25, -0.2) is 9.59 Å². The van der Waals surface area contributed by atoms with Gasteiger partial charge in [-0.1, -0.05) is 61.0 Å². The van der Waals surface area contributed by atoms with Crippen LogP contribution in [0.2, 0.25) is 10.0 Å². The van der Waals surface area contributed by atoms with E-state index in [2.05, 4.69) is 6.58 Å². The Hall–Kier alpha value is -4.21. The Balaban J connectivity index is 1.39. The summed E-state index contributed by atoms with van der Waals surface area (Å²) in [5.41, 5.74) is 3.67. The summed E-state index contributed by atoms with van der Waals surface area (Å²) in [6.07, 6.45) is 1.01. The van der Waals surface area contributed by atoms with Gasteiger partial charge >= 0.3 is 12.1 Å². The molecule has 2 amide bonds. The van der Waals surface area contributed by atoms with Gasteiger partial charge in [0, 0.05) is 13.5 Å². The molecule has 5 rings (SSSR count). The van der Waals surface area contributed by atoms with Crippen LogP contribution in [-0.2, 0) is 27.2 Å². The van der Waals surface area contributed by atoms with Crippen molar-refractivity contribution >= 4 is 41.2 Å². The summed E-state index contributed by atoms with van der Waals surface area (Å²) < 4.78 is 22.9. The van der Waals surface area contributed by atoms with Crippen LogP contribution in [0.4, 0.5) is 4.79 Å². The van der Waals surface area contributed by atoms with Crippen molar-refractivity contribution in [2.45, 2.75) is 44.6 Å². The van der Waals surface area contributed by atoms with Crippen LogP contribution in [0.1, 0.15) is 58.2 Å². The SMILES string of the molecule is C=CCOC(=O)N1Cc2cc3c(cc2C[C@H]1C(=O)OC)C(=O)N(C)C[C@H](c1ccc(O[C@H](CC)c2ccc(Cl)c(Cl)c2)cc1)O3. The molecule has 2 aliphatic heterocycles. The number of fused-ring (bicyclic) bond motifs is 2. The number of hydrogen-bond donors (Lipinski definition) is 0. The van der Waals surface area contributed by atoms with E-state index in [1.54, 1.807) is 30.1 Å². The second-order valence-corrected chi connectivity index (χ2v) is 11.7. The molecule has 3 atom stereocenters. The molecule has 236 valence electrons. The number of halogens is 2. The second-order valence-electron chi connectivity index (χ2n) is 10.9. The third kappa shape index (κ3) is 6.89. The van der Waals surface area contributed by atoms with E-state index in [0.29, 0.717) is 33.7 Å². The molecule has 0 aromatic heterocycles. The summed E-state index contributed by atoms with van der Waals surface area (Å²) in [6, 6.07) is 15.7. The molecule has 0 bridgehead atoms.